The molecule has 1 N–H and O–H groups in total. The van der Waals surface area contributed by atoms with Crippen molar-refractivity contribution in [2.75, 3.05) is 40.3 Å². The summed E-state index contributed by atoms with van der Waals surface area (Å²) in [5, 5.41) is 11.0. The Morgan fingerprint density at radius 1 is 1.21 bits per heavy atom. The van der Waals surface area contributed by atoms with Crippen molar-refractivity contribution in [1.29, 1.82) is 0 Å². The Labute approximate surface area is 164 Å². The first kappa shape index (κ1) is 20.3. The molecule has 3 rings (SSSR count). The second kappa shape index (κ2) is 7.54. The van der Waals surface area contributed by atoms with Gasteiger partial charge >= 0.3 is 11.7 Å². The fourth-order valence-corrected chi connectivity index (χ4v) is 4.19. The number of likely N-dealkylation sites (tertiary alicyclic amines) is 2. The van der Waals surface area contributed by atoms with Gasteiger partial charge in [0.25, 0.3) is 0 Å². The third-order valence-electron chi connectivity index (χ3n) is 5.92. The molecular weight excluding hydrogens is 362 g/mol. The molecule has 0 aromatic carbocycles. The zero-order chi connectivity index (χ0) is 20.6. The number of nitrogens with zero attached hydrogens (tertiary/aromatic N) is 5. The summed E-state index contributed by atoms with van der Waals surface area (Å²) in [6, 6.07) is 1.69. The molecule has 1 aromatic heterocycles. The van der Waals surface area contributed by atoms with E-state index in [0.29, 0.717) is 50.4 Å². The van der Waals surface area contributed by atoms with E-state index in [-0.39, 0.29) is 24.4 Å². The SMILES string of the molecule is Cc1cc(C)n(CC(=O)N2CC[C@]3(O)CCN(C(=O)N(C)C)C[C@@H]3C2)c(=O)n1. The van der Waals surface area contributed by atoms with Crippen LogP contribution in [0.2, 0.25) is 0 Å². The number of urea groups is 1. The lowest BCUT2D eigenvalue weighted by atomic mass is 9.75. The highest BCUT2D eigenvalue weighted by Crippen LogP contribution is 2.35. The van der Waals surface area contributed by atoms with Crippen LogP contribution in [-0.4, -0.2) is 87.2 Å². The molecule has 1 aromatic rings. The first-order chi connectivity index (χ1) is 13.1. The molecule has 0 saturated carbocycles. The molecule has 154 valence electrons. The van der Waals surface area contributed by atoms with Gasteiger partial charge < -0.3 is 19.8 Å². The predicted octanol–water partition coefficient (Wildman–Crippen LogP) is -0.173. The number of hydrogen-bond acceptors (Lipinski definition) is 5. The number of piperidine rings is 2. The average Bonchev–Trinajstić information content (AvgIpc) is 2.62. The summed E-state index contributed by atoms with van der Waals surface area (Å²) in [7, 11) is 3.41. The van der Waals surface area contributed by atoms with E-state index in [2.05, 4.69) is 4.98 Å². The van der Waals surface area contributed by atoms with Crippen LogP contribution in [0.3, 0.4) is 0 Å². The van der Waals surface area contributed by atoms with Crippen molar-refractivity contribution in [2.24, 2.45) is 5.92 Å². The number of rotatable bonds is 2. The maximum absolute atomic E-state index is 12.8. The van der Waals surface area contributed by atoms with Gasteiger partial charge in [0.05, 0.1) is 5.60 Å². The van der Waals surface area contributed by atoms with E-state index >= 15 is 0 Å². The van der Waals surface area contributed by atoms with Crippen LogP contribution in [0.5, 0.6) is 0 Å². The van der Waals surface area contributed by atoms with Crippen molar-refractivity contribution >= 4 is 11.9 Å². The zero-order valence-electron chi connectivity index (χ0n) is 17.0. The average molecular weight is 391 g/mol. The number of carbonyl (C=O) groups is 2. The van der Waals surface area contributed by atoms with Gasteiger partial charge in [0.2, 0.25) is 5.91 Å². The van der Waals surface area contributed by atoms with Crippen molar-refractivity contribution in [3.8, 4) is 0 Å². The molecule has 3 amide bonds. The molecule has 0 bridgehead atoms. The summed E-state index contributed by atoms with van der Waals surface area (Å²) in [6.45, 7) is 5.22. The third kappa shape index (κ3) is 3.89. The van der Waals surface area contributed by atoms with Crippen molar-refractivity contribution in [2.45, 2.75) is 38.8 Å². The Morgan fingerprint density at radius 3 is 2.43 bits per heavy atom. The number of aliphatic hydroxyl groups is 1. The van der Waals surface area contributed by atoms with Gasteiger partial charge in [-0.15, -0.1) is 0 Å². The minimum atomic E-state index is -0.849. The van der Waals surface area contributed by atoms with Gasteiger partial charge in [0.15, 0.2) is 0 Å². The predicted molar refractivity (Wildman–Crippen MR) is 103 cm³/mol. The van der Waals surface area contributed by atoms with Gasteiger partial charge in [-0.05, 0) is 32.8 Å². The Morgan fingerprint density at radius 2 is 1.82 bits per heavy atom. The lowest BCUT2D eigenvalue weighted by molar-refractivity contribution is -0.145. The van der Waals surface area contributed by atoms with Crippen molar-refractivity contribution in [1.82, 2.24) is 24.3 Å². The van der Waals surface area contributed by atoms with Gasteiger partial charge in [0.1, 0.15) is 6.54 Å². The molecular formula is C19H29N5O4. The number of fused-ring (bicyclic) bond motifs is 1. The maximum atomic E-state index is 12.8. The number of amides is 3. The summed E-state index contributed by atoms with van der Waals surface area (Å²) in [6.07, 6.45) is 0.993. The summed E-state index contributed by atoms with van der Waals surface area (Å²) in [5.74, 6) is -0.370. The Balaban J connectivity index is 1.71. The first-order valence-electron chi connectivity index (χ1n) is 9.62. The van der Waals surface area contributed by atoms with Gasteiger partial charge in [-0.25, -0.2) is 9.59 Å². The molecule has 3 heterocycles. The molecule has 0 unspecified atom stereocenters. The minimum absolute atomic E-state index is 0.0660. The van der Waals surface area contributed by atoms with Crippen LogP contribution in [0.4, 0.5) is 4.79 Å². The Hall–Kier alpha value is -2.42. The first-order valence-corrected chi connectivity index (χ1v) is 9.62. The van der Waals surface area contributed by atoms with Crippen LogP contribution in [-0.2, 0) is 11.3 Å². The van der Waals surface area contributed by atoms with Crippen LogP contribution in [0.15, 0.2) is 10.9 Å². The lowest BCUT2D eigenvalue weighted by Gasteiger charge is -2.50. The molecule has 2 saturated heterocycles. The van der Waals surface area contributed by atoms with E-state index in [1.54, 1.807) is 43.8 Å². The van der Waals surface area contributed by atoms with Crippen molar-refractivity contribution in [3.05, 3.63) is 27.9 Å². The number of aromatic nitrogens is 2. The molecule has 0 aliphatic carbocycles. The highest BCUT2D eigenvalue weighted by molar-refractivity contribution is 5.76. The van der Waals surface area contributed by atoms with Gasteiger partial charge in [-0.3, -0.25) is 9.36 Å². The topological polar surface area (TPSA) is 99.0 Å². The Kier molecular flexibility index (Phi) is 5.47. The van der Waals surface area contributed by atoms with E-state index in [4.69, 9.17) is 0 Å². The molecule has 2 fully saturated rings. The van der Waals surface area contributed by atoms with Crippen LogP contribution < -0.4 is 5.69 Å². The van der Waals surface area contributed by atoms with Crippen LogP contribution in [0, 0.1) is 19.8 Å². The number of aryl methyl sites for hydroxylation is 2. The Bertz CT molecular complexity index is 836. The summed E-state index contributed by atoms with van der Waals surface area (Å²) >= 11 is 0. The summed E-state index contributed by atoms with van der Waals surface area (Å²) in [5.41, 5.74) is 0.0413. The minimum Gasteiger partial charge on any atom is -0.389 e. The molecule has 9 heteroatoms. The largest absolute Gasteiger partial charge is 0.389 e. The fraction of sp³-hybridized carbons (Fsp3) is 0.684. The zero-order valence-corrected chi connectivity index (χ0v) is 17.0. The summed E-state index contributed by atoms with van der Waals surface area (Å²) < 4.78 is 1.37. The molecule has 9 nitrogen and oxygen atoms in total. The van der Waals surface area contributed by atoms with Crippen LogP contribution in [0.1, 0.15) is 24.2 Å². The highest BCUT2D eigenvalue weighted by Gasteiger charge is 2.46. The molecule has 0 spiro atoms. The van der Waals surface area contributed by atoms with E-state index in [9.17, 15) is 19.5 Å². The lowest BCUT2D eigenvalue weighted by Crippen LogP contribution is -2.62. The standard InChI is InChI=1S/C19H29N5O4/c1-13-9-14(2)24(17(26)20-13)12-16(25)22-7-5-19(28)6-8-23(11-15(19)10-22)18(27)21(3)4/h9,15,28H,5-8,10-12H2,1-4H3/t15-,19-/m0/s1. The smallest absolute Gasteiger partial charge is 0.348 e. The van der Waals surface area contributed by atoms with E-state index < -0.39 is 11.3 Å². The van der Waals surface area contributed by atoms with Crippen LogP contribution >= 0.6 is 0 Å². The molecule has 0 radical (unpaired) electrons. The maximum Gasteiger partial charge on any atom is 0.348 e. The second-order valence-corrected chi connectivity index (χ2v) is 8.17. The van der Waals surface area contributed by atoms with E-state index in [1.807, 2.05) is 0 Å². The highest BCUT2D eigenvalue weighted by atomic mass is 16.3. The normalized spacial score (nSPS) is 24.7. The molecule has 2 aliphatic rings. The van der Waals surface area contributed by atoms with Crippen molar-refractivity contribution < 1.29 is 14.7 Å². The quantitative estimate of drug-likeness (QED) is 0.755. The van der Waals surface area contributed by atoms with Crippen LogP contribution in [0.25, 0.3) is 0 Å². The fourth-order valence-electron chi connectivity index (χ4n) is 4.19. The van der Waals surface area contributed by atoms with Gasteiger partial charge in [-0.1, -0.05) is 0 Å². The summed E-state index contributed by atoms with van der Waals surface area (Å²) in [4.78, 5) is 46.1. The third-order valence-corrected chi connectivity index (χ3v) is 5.92. The van der Waals surface area contributed by atoms with Gasteiger partial charge in [0, 0.05) is 57.6 Å². The molecule has 2 atom stereocenters. The number of carbonyl (C=O) groups excluding carboxylic acids is 2. The van der Waals surface area contributed by atoms with E-state index in [0.717, 1.165) is 0 Å². The van der Waals surface area contributed by atoms with Crippen molar-refractivity contribution in [3.63, 3.8) is 0 Å². The second-order valence-electron chi connectivity index (χ2n) is 8.17. The molecule has 28 heavy (non-hydrogen) atoms. The van der Waals surface area contributed by atoms with Gasteiger partial charge in [-0.2, -0.15) is 4.98 Å². The monoisotopic (exact) mass is 391 g/mol. The molecule has 2 aliphatic heterocycles. The van der Waals surface area contributed by atoms with E-state index in [1.165, 1.54) is 9.47 Å². The number of hydrogen-bond donors (Lipinski definition) is 1.